The van der Waals surface area contributed by atoms with Crippen molar-refractivity contribution >= 4 is 17.4 Å². The Morgan fingerprint density at radius 1 is 1.12 bits per heavy atom. The van der Waals surface area contributed by atoms with Gasteiger partial charge in [-0.25, -0.2) is 4.98 Å². The summed E-state index contributed by atoms with van der Waals surface area (Å²) in [4.78, 5) is 22.1. The molecule has 0 radical (unpaired) electrons. The number of amides is 1. The van der Waals surface area contributed by atoms with Gasteiger partial charge in [0.2, 0.25) is 5.91 Å². The van der Waals surface area contributed by atoms with E-state index < -0.39 is 36.1 Å². The van der Waals surface area contributed by atoms with Gasteiger partial charge in [0.15, 0.2) is 5.65 Å². The summed E-state index contributed by atoms with van der Waals surface area (Å²) in [6.07, 6.45) is -6.72. The molecule has 1 atom stereocenters. The van der Waals surface area contributed by atoms with Crippen molar-refractivity contribution in [3.05, 3.63) is 41.5 Å². The highest BCUT2D eigenvalue weighted by Crippen LogP contribution is 2.48. The van der Waals surface area contributed by atoms with E-state index in [9.17, 15) is 36.2 Å². The number of alkyl halides is 6. The Kier molecular flexibility index (Phi) is 7.99. The zero-order valence-corrected chi connectivity index (χ0v) is 22.6. The fourth-order valence-electron chi connectivity index (χ4n) is 5.13. The molecule has 5 N–H and O–H groups in total. The summed E-state index contributed by atoms with van der Waals surface area (Å²) in [6, 6.07) is 1.25. The van der Waals surface area contributed by atoms with Crippen LogP contribution in [-0.2, 0) is 16.8 Å². The molecule has 224 valence electrons. The van der Waals surface area contributed by atoms with Crippen molar-refractivity contribution in [2.24, 2.45) is 5.73 Å². The Labute approximate surface area is 231 Å². The summed E-state index contributed by atoms with van der Waals surface area (Å²) in [6.45, 7) is 4.94. The lowest BCUT2D eigenvalue weighted by Crippen LogP contribution is -2.61. The van der Waals surface area contributed by atoms with Crippen LogP contribution in [0.15, 0.2) is 24.5 Å². The van der Waals surface area contributed by atoms with Crippen molar-refractivity contribution in [3.63, 3.8) is 0 Å². The molecule has 41 heavy (non-hydrogen) atoms. The molecule has 0 aromatic carbocycles. The van der Waals surface area contributed by atoms with Crippen LogP contribution in [0.3, 0.4) is 0 Å². The summed E-state index contributed by atoms with van der Waals surface area (Å²) >= 11 is 0. The molecule has 9 nitrogen and oxygen atoms in total. The number of fused-ring (bicyclic) bond motifs is 1. The number of halogens is 6. The summed E-state index contributed by atoms with van der Waals surface area (Å²) in [5.41, 5.74) is 7.50. The fourth-order valence-corrected chi connectivity index (χ4v) is 5.13. The maximum atomic E-state index is 13.4. The second-order valence-electron chi connectivity index (χ2n) is 10.6. The first-order valence-electron chi connectivity index (χ1n) is 13.0. The molecule has 3 aromatic heterocycles. The molecule has 0 unspecified atom stereocenters. The number of hydrogen-bond donors (Lipinski definition) is 3. The molecule has 1 aliphatic rings. The third-order valence-electron chi connectivity index (χ3n) is 7.41. The van der Waals surface area contributed by atoms with Crippen molar-refractivity contribution in [1.82, 2.24) is 24.5 Å². The topological polar surface area (TPSA) is 136 Å². The van der Waals surface area contributed by atoms with Gasteiger partial charge in [-0.2, -0.15) is 36.0 Å². The maximum absolute atomic E-state index is 13.4. The number of carbonyl (C=O) groups excluding carboxylic acids is 1. The van der Waals surface area contributed by atoms with E-state index in [4.69, 9.17) is 16.5 Å². The minimum Gasteiger partial charge on any atom is -0.387 e. The Bertz CT molecular complexity index is 1400. The van der Waals surface area contributed by atoms with Crippen molar-refractivity contribution in [1.29, 1.82) is 0 Å². The highest BCUT2D eigenvalue weighted by Gasteiger charge is 2.70. The van der Waals surface area contributed by atoms with Crippen LogP contribution >= 0.6 is 0 Å². The molecule has 1 fully saturated rings. The van der Waals surface area contributed by atoms with Crippen LogP contribution in [-0.4, -0.2) is 66.5 Å². The van der Waals surface area contributed by atoms with Crippen LogP contribution in [0, 0.1) is 0 Å². The zero-order chi connectivity index (χ0) is 30.5. The Morgan fingerprint density at radius 2 is 1.76 bits per heavy atom. The average molecular weight is 588 g/mol. The number of anilines is 1. The van der Waals surface area contributed by atoms with E-state index in [1.165, 1.54) is 10.7 Å². The van der Waals surface area contributed by atoms with Crippen molar-refractivity contribution in [3.8, 4) is 11.1 Å². The van der Waals surface area contributed by atoms with Crippen molar-refractivity contribution in [2.75, 3.05) is 12.3 Å². The monoisotopic (exact) mass is 587 g/mol. The molecule has 0 spiro atoms. The summed E-state index contributed by atoms with van der Waals surface area (Å²) in [5.74, 6) is 0.108. The second-order valence-corrected chi connectivity index (χ2v) is 10.6. The molecular formula is C26H31F6N7O2. The number of aliphatic hydroxyl groups excluding tert-OH is 1. The third kappa shape index (κ3) is 5.44. The number of aryl methyl sites for hydroxylation is 1. The molecule has 15 heteroatoms. The highest BCUT2D eigenvalue weighted by molar-refractivity contribution is 5.79. The van der Waals surface area contributed by atoms with Crippen LogP contribution in [0.5, 0.6) is 0 Å². The molecule has 0 bridgehead atoms. The molecule has 0 aliphatic heterocycles. The number of aliphatic hydroxyl groups is 1. The lowest BCUT2D eigenvalue weighted by atomic mass is 9.93. The van der Waals surface area contributed by atoms with Gasteiger partial charge < -0.3 is 21.5 Å². The van der Waals surface area contributed by atoms with E-state index in [0.29, 0.717) is 36.0 Å². The van der Waals surface area contributed by atoms with Gasteiger partial charge in [-0.1, -0.05) is 6.07 Å². The van der Waals surface area contributed by atoms with Gasteiger partial charge in [0.1, 0.15) is 12.4 Å². The standard InChI is InChI=1S/C26H31F6N7O2/c1-13(2)38(20(41)12-40)14(3)4-8-18-21(15-5-6-15)22(33)39-23(37-18)17(11-36-39)16-7-9-19(35-10-16)24(34,25(27,28)29)26(30,31)32/h7,9-11,13-15,40H,4-6,8,12,33-34H2,1-3H3/t14-/m1/s1. The minimum atomic E-state index is -5.83. The molecule has 3 heterocycles. The molecule has 0 saturated heterocycles. The molecule has 1 amide bonds. The highest BCUT2D eigenvalue weighted by atomic mass is 19.4. The largest absolute Gasteiger partial charge is 0.421 e. The first kappa shape index (κ1) is 30.5. The van der Waals surface area contributed by atoms with Gasteiger partial charge in [-0.3, -0.25) is 9.78 Å². The van der Waals surface area contributed by atoms with Gasteiger partial charge in [0, 0.05) is 35.0 Å². The number of nitrogens with zero attached hydrogens (tertiary/aromatic N) is 5. The van der Waals surface area contributed by atoms with Crippen LogP contribution < -0.4 is 11.5 Å². The SMILES string of the molecule is CC(C)N(C(=O)CO)[C@H](C)CCc1nc2c(-c3ccc(C(N)(C(F)(F)F)C(F)(F)F)nc3)cnn2c(N)c1C1CC1. The fraction of sp³-hybridized carbons (Fsp3) is 0.538. The summed E-state index contributed by atoms with van der Waals surface area (Å²) < 4.78 is 81.8. The van der Waals surface area contributed by atoms with Crippen molar-refractivity contribution < 1.29 is 36.2 Å². The van der Waals surface area contributed by atoms with E-state index in [2.05, 4.69) is 10.1 Å². The Balaban J connectivity index is 1.72. The number of pyridine rings is 1. The predicted octanol–water partition coefficient (Wildman–Crippen LogP) is 4.08. The number of nitrogen functional groups attached to an aromatic ring is 1. The first-order valence-corrected chi connectivity index (χ1v) is 13.0. The van der Waals surface area contributed by atoms with Crippen LogP contribution in [0.25, 0.3) is 16.8 Å². The number of carbonyl (C=O) groups is 1. The number of nitrogens with two attached hydrogens (primary N) is 2. The van der Waals surface area contributed by atoms with Gasteiger partial charge >= 0.3 is 12.4 Å². The van der Waals surface area contributed by atoms with E-state index in [-0.39, 0.29) is 29.2 Å². The smallest absolute Gasteiger partial charge is 0.387 e. The van der Waals surface area contributed by atoms with Crippen LogP contribution in [0.4, 0.5) is 32.2 Å². The minimum absolute atomic E-state index is 0.146. The third-order valence-corrected chi connectivity index (χ3v) is 7.41. The van der Waals surface area contributed by atoms with Crippen molar-refractivity contribution in [2.45, 2.75) is 82.3 Å². The number of hydrogen-bond acceptors (Lipinski definition) is 7. The molecule has 4 rings (SSSR count). The molecule has 1 aliphatic carbocycles. The first-order chi connectivity index (χ1) is 19.0. The van der Waals surface area contributed by atoms with Gasteiger partial charge in [-0.05, 0) is 58.4 Å². The lowest BCUT2D eigenvalue weighted by molar-refractivity contribution is -0.303. The van der Waals surface area contributed by atoms with Crippen LogP contribution in [0.2, 0.25) is 0 Å². The number of aromatic nitrogens is 4. The van der Waals surface area contributed by atoms with Gasteiger partial charge in [-0.15, -0.1) is 0 Å². The van der Waals surface area contributed by atoms with E-state index >= 15 is 0 Å². The van der Waals surface area contributed by atoms with E-state index in [0.717, 1.165) is 30.7 Å². The van der Waals surface area contributed by atoms with E-state index in [1.807, 2.05) is 20.8 Å². The summed E-state index contributed by atoms with van der Waals surface area (Å²) in [7, 11) is 0. The maximum Gasteiger partial charge on any atom is 0.421 e. The molecule has 1 saturated carbocycles. The zero-order valence-electron chi connectivity index (χ0n) is 22.6. The Hall–Kier alpha value is -3.46. The predicted molar refractivity (Wildman–Crippen MR) is 137 cm³/mol. The van der Waals surface area contributed by atoms with Crippen LogP contribution in [0.1, 0.15) is 62.9 Å². The van der Waals surface area contributed by atoms with Gasteiger partial charge in [0.05, 0.1) is 17.6 Å². The average Bonchev–Trinajstić information content (AvgIpc) is 3.63. The Morgan fingerprint density at radius 3 is 2.24 bits per heavy atom. The quantitative estimate of drug-likeness (QED) is 0.321. The molecule has 3 aromatic rings. The lowest BCUT2D eigenvalue weighted by Gasteiger charge is -2.33. The van der Waals surface area contributed by atoms with Gasteiger partial charge in [0.25, 0.3) is 5.54 Å². The second kappa shape index (κ2) is 10.7. The summed E-state index contributed by atoms with van der Waals surface area (Å²) in [5, 5.41) is 13.6. The number of rotatable bonds is 9. The normalized spacial score (nSPS) is 15.5. The van der Waals surface area contributed by atoms with E-state index in [1.54, 1.807) is 4.90 Å². The molecular weight excluding hydrogens is 556 g/mol.